The molecule has 2 N–H and O–H groups in total. The van der Waals surface area contributed by atoms with Gasteiger partial charge in [0.1, 0.15) is 17.5 Å². The number of nitrogens with one attached hydrogen (secondary N) is 2. The Morgan fingerprint density at radius 1 is 1.19 bits per heavy atom. The molecule has 0 radical (unpaired) electrons. The Kier molecular flexibility index (Phi) is 6.19. The SMILES string of the molecule is C[C@@H](C(=O)Nc1cn2c(n1)CCC2c1cc(F)cc(F)c1)N1CCC(F)(F)[C@H](c2ccc(=O)[nH]c2)C1. The number of aromatic nitrogens is 3. The van der Waals surface area contributed by atoms with Crippen molar-refractivity contribution in [3.63, 3.8) is 0 Å². The number of carbonyl (C=O) groups excluding carboxylic acids is 1. The molecule has 1 aromatic carbocycles. The van der Waals surface area contributed by atoms with Crippen LogP contribution in [0.4, 0.5) is 23.4 Å². The number of piperidine rings is 1. The predicted octanol–water partition coefficient (Wildman–Crippen LogP) is 3.84. The van der Waals surface area contributed by atoms with Crippen molar-refractivity contribution in [2.75, 3.05) is 18.4 Å². The molecule has 5 rings (SSSR count). The number of likely N-dealkylation sites (tertiary alicyclic amines) is 1. The number of alkyl halides is 2. The molecule has 36 heavy (non-hydrogen) atoms. The Balaban J connectivity index is 1.29. The monoisotopic (exact) mass is 503 g/mol. The van der Waals surface area contributed by atoms with Crippen molar-refractivity contribution in [2.45, 2.75) is 50.1 Å². The number of pyridine rings is 1. The fourth-order valence-electron chi connectivity index (χ4n) is 5.11. The van der Waals surface area contributed by atoms with Crippen LogP contribution >= 0.6 is 0 Å². The Bertz CT molecular complexity index is 1310. The first kappa shape index (κ1) is 24.2. The molecule has 1 unspecified atom stereocenters. The number of aryl methyl sites for hydroxylation is 1. The number of aromatic amines is 1. The maximum atomic E-state index is 14.7. The average molecular weight is 504 g/mol. The van der Waals surface area contributed by atoms with E-state index in [1.807, 2.05) is 0 Å². The minimum atomic E-state index is -2.97. The van der Waals surface area contributed by atoms with E-state index in [-0.39, 0.29) is 24.7 Å². The summed E-state index contributed by atoms with van der Waals surface area (Å²) in [5.41, 5.74) is 0.416. The number of rotatable bonds is 5. The van der Waals surface area contributed by atoms with E-state index in [4.69, 9.17) is 0 Å². The number of hydrogen-bond donors (Lipinski definition) is 2. The number of H-pyrrole nitrogens is 1. The Hall–Kier alpha value is -3.47. The molecule has 1 saturated heterocycles. The summed E-state index contributed by atoms with van der Waals surface area (Å²) in [4.78, 5) is 32.9. The van der Waals surface area contributed by atoms with Gasteiger partial charge >= 0.3 is 0 Å². The predicted molar refractivity (Wildman–Crippen MR) is 124 cm³/mol. The molecule has 2 aliphatic rings. The van der Waals surface area contributed by atoms with Crippen molar-refractivity contribution in [3.8, 4) is 0 Å². The highest BCUT2D eigenvalue weighted by atomic mass is 19.3. The molecule has 0 aliphatic carbocycles. The van der Waals surface area contributed by atoms with Gasteiger partial charge in [0.15, 0.2) is 5.82 Å². The number of imidazole rings is 1. The van der Waals surface area contributed by atoms with Crippen LogP contribution in [0.1, 0.15) is 48.7 Å². The van der Waals surface area contributed by atoms with Crippen LogP contribution in [0.15, 0.2) is 47.5 Å². The lowest BCUT2D eigenvalue weighted by atomic mass is 9.87. The van der Waals surface area contributed by atoms with Crippen LogP contribution in [0.3, 0.4) is 0 Å². The van der Waals surface area contributed by atoms with Crippen molar-refractivity contribution in [1.29, 1.82) is 0 Å². The van der Waals surface area contributed by atoms with E-state index in [1.54, 1.807) is 22.6 Å². The summed E-state index contributed by atoms with van der Waals surface area (Å²) < 4.78 is 58.6. The van der Waals surface area contributed by atoms with Crippen LogP contribution in [-0.4, -0.2) is 50.4 Å². The standard InChI is InChI=1S/C25H25F4N5O2/c1-14(33-7-6-25(28,29)19(12-33)15-2-5-23(35)30-11-15)24(36)32-21-13-34-20(3-4-22(34)31-21)16-8-17(26)10-18(27)9-16/h2,5,8-11,13-14,19-20H,3-4,6-7,12H2,1H3,(H,30,35)(H,32,36)/t14-,19-,20?/m0/s1. The summed E-state index contributed by atoms with van der Waals surface area (Å²) in [5, 5.41) is 2.75. The lowest BCUT2D eigenvalue weighted by molar-refractivity contribution is -0.125. The van der Waals surface area contributed by atoms with E-state index in [0.29, 0.717) is 35.6 Å². The average Bonchev–Trinajstić information content (AvgIpc) is 3.39. The third-order valence-corrected chi connectivity index (χ3v) is 7.10. The highest BCUT2D eigenvalue weighted by Gasteiger charge is 2.46. The fourth-order valence-corrected chi connectivity index (χ4v) is 5.11. The number of fused-ring (bicyclic) bond motifs is 1. The number of hydrogen-bond acceptors (Lipinski definition) is 4. The van der Waals surface area contributed by atoms with E-state index >= 15 is 0 Å². The van der Waals surface area contributed by atoms with Crippen molar-refractivity contribution >= 4 is 11.7 Å². The van der Waals surface area contributed by atoms with E-state index < -0.39 is 41.8 Å². The summed E-state index contributed by atoms with van der Waals surface area (Å²) in [6.07, 6.45) is 3.72. The molecule has 0 saturated carbocycles. The molecular formula is C25H25F4N5O2. The van der Waals surface area contributed by atoms with Gasteiger partial charge in [-0.2, -0.15) is 0 Å². The number of carbonyl (C=O) groups is 1. The maximum absolute atomic E-state index is 14.7. The highest BCUT2D eigenvalue weighted by molar-refractivity contribution is 5.93. The normalized spacial score (nSPS) is 22.2. The Labute approximate surface area is 204 Å². The minimum absolute atomic E-state index is 0.0361. The lowest BCUT2D eigenvalue weighted by Crippen LogP contribution is -2.52. The molecule has 3 atom stereocenters. The van der Waals surface area contributed by atoms with Gasteiger partial charge in [-0.1, -0.05) is 6.07 Å². The van der Waals surface area contributed by atoms with Gasteiger partial charge in [-0.25, -0.2) is 22.5 Å². The lowest BCUT2D eigenvalue weighted by Gasteiger charge is -2.40. The van der Waals surface area contributed by atoms with Gasteiger partial charge in [0, 0.05) is 50.5 Å². The fraction of sp³-hybridized carbons (Fsp3) is 0.400. The molecule has 2 aliphatic heterocycles. The zero-order valence-electron chi connectivity index (χ0n) is 19.5. The van der Waals surface area contributed by atoms with Crippen molar-refractivity contribution in [2.24, 2.45) is 0 Å². The van der Waals surface area contributed by atoms with E-state index in [0.717, 1.165) is 6.07 Å². The first-order valence-electron chi connectivity index (χ1n) is 11.8. The van der Waals surface area contributed by atoms with Gasteiger partial charge in [0.2, 0.25) is 11.5 Å². The number of anilines is 1. The molecular weight excluding hydrogens is 478 g/mol. The van der Waals surface area contributed by atoms with Crippen molar-refractivity contribution in [1.82, 2.24) is 19.4 Å². The van der Waals surface area contributed by atoms with Gasteiger partial charge in [-0.3, -0.25) is 14.5 Å². The molecule has 0 spiro atoms. The van der Waals surface area contributed by atoms with Crippen LogP contribution in [0.25, 0.3) is 0 Å². The minimum Gasteiger partial charge on any atom is -0.329 e. The van der Waals surface area contributed by atoms with Crippen LogP contribution in [0.2, 0.25) is 0 Å². The first-order valence-corrected chi connectivity index (χ1v) is 11.8. The zero-order valence-corrected chi connectivity index (χ0v) is 19.5. The third-order valence-electron chi connectivity index (χ3n) is 7.10. The number of nitrogens with zero attached hydrogens (tertiary/aromatic N) is 3. The van der Waals surface area contributed by atoms with Crippen LogP contribution in [0.5, 0.6) is 0 Å². The van der Waals surface area contributed by atoms with Crippen LogP contribution in [0, 0.1) is 11.6 Å². The molecule has 3 aromatic rings. The highest BCUT2D eigenvalue weighted by Crippen LogP contribution is 2.40. The van der Waals surface area contributed by atoms with E-state index in [9.17, 15) is 27.2 Å². The molecule has 2 aromatic heterocycles. The molecule has 7 nitrogen and oxygen atoms in total. The maximum Gasteiger partial charge on any atom is 0.257 e. The second-order valence-electron chi connectivity index (χ2n) is 9.42. The quantitative estimate of drug-likeness (QED) is 0.519. The third kappa shape index (κ3) is 4.67. The molecule has 11 heteroatoms. The van der Waals surface area contributed by atoms with Crippen molar-refractivity contribution < 1.29 is 22.4 Å². The molecule has 0 bridgehead atoms. The summed E-state index contributed by atoms with van der Waals surface area (Å²) >= 11 is 0. The Morgan fingerprint density at radius 3 is 2.64 bits per heavy atom. The van der Waals surface area contributed by atoms with Gasteiger partial charge in [0.25, 0.3) is 5.92 Å². The summed E-state index contributed by atoms with van der Waals surface area (Å²) in [6, 6.07) is 4.98. The molecule has 4 heterocycles. The van der Waals surface area contributed by atoms with Gasteiger partial charge in [-0.05, 0) is 36.6 Å². The topological polar surface area (TPSA) is 83.0 Å². The molecule has 1 amide bonds. The summed E-state index contributed by atoms with van der Waals surface area (Å²) in [5.74, 6) is -4.87. The van der Waals surface area contributed by atoms with Crippen molar-refractivity contribution in [3.05, 3.63) is 81.7 Å². The van der Waals surface area contributed by atoms with Gasteiger partial charge in [0.05, 0.1) is 18.0 Å². The summed E-state index contributed by atoms with van der Waals surface area (Å²) in [7, 11) is 0. The smallest absolute Gasteiger partial charge is 0.257 e. The van der Waals surface area contributed by atoms with Crippen LogP contribution in [-0.2, 0) is 11.2 Å². The largest absolute Gasteiger partial charge is 0.329 e. The van der Waals surface area contributed by atoms with E-state index in [2.05, 4.69) is 15.3 Å². The summed E-state index contributed by atoms with van der Waals surface area (Å²) in [6.45, 7) is 1.62. The second kappa shape index (κ2) is 9.20. The van der Waals surface area contributed by atoms with Gasteiger partial charge in [-0.15, -0.1) is 0 Å². The number of halogens is 4. The molecule has 190 valence electrons. The van der Waals surface area contributed by atoms with E-state index in [1.165, 1.54) is 30.5 Å². The Morgan fingerprint density at radius 2 is 1.94 bits per heavy atom. The zero-order chi connectivity index (χ0) is 25.6. The number of benzene rings is 1. The first-order chi connectivity index (χ1) is 17.1. The van der Waals surface area contributed by atoms with Crippen LogP contribution < -0.4 is 10.9 Å². The second-order valence-corrected chi connectivity index (χ2v) is 9.42. The molecule has 1 fully saturated rings. The van der Waals surface area contributed by atoms with Gasteiger partial charge < -0.3 is 14.9 Å². The number of amides is 1.